The number of unbranched alkanes of at least 4 members (excludes halogenated alkanes) is 1. The number of aromatic amines is 1. The zero-order chi connectivity index (χ0) is 16.2. The van der Waals surface area contributed by atoms with E-state index in [0.717, 1.165) is 18.4 Å². The van der Waals surface area contributed by atoms with E-state index in [-0.39, 0.29) is 5.56 Å². The first-order valence-electron chi connectivity index (χ1n) is 7.51. The van der Waals surface area contributed by atoms with Gasteiger partial charge < -0.3 is 4.74 Å². The zero-order valence-corrected chi connectivity index (χ0v) is 13.5. The number of aromatic nitrogens is 4. The van der Waals surface area contributed by atoms with Crippen LogP contribution in [0.25, 0.3) is 5.78 Å². The summed E-state index contributed by atoms with van der Waals surface area (Å²) < 4.78 is 7.04. The third-order valence-electron chi connectivity index (χ3n) is 3.49. The Hall–Kier alpha value is -2.34. The van der Waals surface area contributed by atoms with Gasteiger partial charge in [-0.15, -0.1) is 0 Å². The molecule has 0 spiro atoms. The van der Waals surface area contributed by atoms with Crippen molar-refractivity contribution >= 4 is 17.4 Å². The van der Waals surface area contributed by atoms with Crippen LogP contribution in [0.15, 0.2) is 35.4 Å². The Labute approximate surface area is 138 Å². The van der Waals surface area contributed by atoms with E-state index in [1.807, 2.05) is 18.2 Å². The fraction of sp³-hybridized carbons (Fsp3) is 0.312. The van der Waals surface area contributed by atoms with Crippen molar-refractivity contribution in [1.29, 1.82) is 0 Å². The Kier molecular flexibility index (Phi) is 4.62. The molecule has 0 unspecified atom stereocenters. The molecule has 120 valence electrons. The van der Waals surface area contributed by atoms with Crippen LogP contribution in [0, 0.1) is 0 Å². The topological polar surface area (TPSA) is 72.3 Å². The summed E-state index contributed by atoms with van der Waals surface area (Å²) in [4.78, 5) is 21.0. The number of halogens is 1. The number of benzene rings is 1. The summed E-state index contributed by atoms with van der Waals surface area (Å²) in [5.41, 5.74) is 1.21. The van der Waals surface area contributed by atoms with Crippen LogP contribution in [0.5, 0.6) is 5.88 Å². The third-order valence-corrected chi connectivity index (χ3v) is 3.73. The highest BCUT2D eigenvalue weighted by molar-refractivity contribution is 6.30. The second-order valence-corrected chi connectivity index (χ2v) is 5.67. The van der Waals surface area contributed by atoms with E-state index in [9.17, 15) is 4.79 Å². The lowest BCUT2D eigenvalue weighted by atomic mass is 10.1. The van der Waals surface area contributed by atoms with Crippen molar-refractivity contribution < 1.29 is 4.74 Å². The number of fused-ring (bicyclic) bond motifs is 1. The summed E-state index contributed by atoms with van der Waals surface area (Å²) in [6.07, 6.45) is 3.74. The molecular weight excluding hydrogens is 316 g/mol. The molecule has 0 saturated carbocycles. The maximum Gasteiger partial charge on any atom is 0.281 e. The van der Waals surface area contributed by atoms with E-state index in [4.69, 9.17) is 16.3 Å². The Morgan fingerprint density at radius 3 is 3.04 bits per heavy atom. The van der Waals surface area contributed by atoms with E-state index in [2.05, 4.69) is 22.0 Å². The van der Waals surface area contributed by atoms with Crippen molar-refractivity contribution in [1.82, 2.24) is 19.6 Å². The summed E-state index contributed by atoms with van der Waals surface area (Å²) in [6, 6.07) is 7.41. The smallest absolute Gasteiger partial charge is 0.281 e. The molecule has 7 heteroatoms. The number of rotatable bonds is 6. The summed E-state index contributed by atoms with van der Waals surface area (Å²) in [7, 11) is 0. The van der Waals surface area contributed by atoms with Gasteiger partial charge in [-0.3, -0.25) is 9.89 Å². The highest BCUT2D eigenvalue weighted by atomic mass is 35.5. The molecule has 0 aliphatic rings. The van der Waals surface area contributed by atoms with Gasteiger partial charge in [0.2, 0.25) is 5.88 Å². The van der Waals surface area contributed by atoms with Gasteiger partial charge in [-0.2, -0.15) is 9.50 Å². The van der Waals surface area contributed by atoms with Gasteiger partial charge in [0, 0.05) is 11.4 Å². The van der Waals surface area contributed by atoms with Crippen molar-refractivity contribution in [2.75, 3.05) is 6.61 Å². The van der Waals surface area contributed by atoms with Crippen LogP contribution in [0.4, 0.5) is 0 Å². The quantitative estimate of drug-likeness (QED) is 0.704. The number of nitrogens with one attached hydrogen (secondary N) is 1. The minimum Gasteiger partial charge on any atom is -0.477 e. The number of nitrogens with zero attached hydrogens (tertiary/aromatic N) is 3. The summed E-state index contributed by atoms with van der Waals surface area (Å²) >= 11 is 6.02. The molecule has 0 saturated heterocycles. The molecule has 1 N–H and O–H groups in total. The van der Waals surface area contributed by atoms with E-state index in [0.29, 0.717) is 35.3 Å². The summed E-state index contributed by atoms with van der Waals surface area (Å²) in [5.74, 6) is 0.645. The second kappa shape index (κ2) is 6.83. The largest absolute Gasteiger partial charge is 0.477 e. The number of hydrogen-bond acceptors (Lipinski definition) is 4. The molecule has 2 heterocycles. The highest BCUT2D eigenvalue weighted by Gasteiger charge is 2.16. The molecule has 2 aromatic heterocycles. The lowest BCUT2D eigenvalue weighted by molar-refractivity contribution is 0.294. The second-order valence-electron chi connectivity index (χ2n) is 5.23. The van der Waals surface area contributed by atoms with Crippen LogP contribution >= 0.6 is 11.6 Å². The van der Waals surface area contributed by atoms with Crippen LogP contribution in [0.2, 0.25) is 5.02 Å². The molecule has 3 rings (SSSR count). The number of ether oxygens (including phenoxy) is 1. The molecule has 3 aromatic rings. The van der Waals surface area contributed by atoms with Crippen LogP contribution in [0.1, 0.15) is 30.9 Å². The van der Waals surface area contributed by atoms with E-state index in [1.165, 1.54) is 10.8 Å². The van der Waals surface area contributed by atoms with Crippen LogP contribution in [-0.2, 0) is 6.42 Å². The molecule has 0 aliphatic heterocycles. The van der Waals surface area contributed by atoms with Gasteiger partial charge in [0.1, 0.15) is 6.33 Å². The van der Waals surface area contributed by atoms with E-state index in [1.54, 1.807) is 6.07 Å². The minimum atomic E-state index is -0.209. The first kappa shape index (κ1) is 15.6. The summed E-state index contributed by atoms with van der Waals surface area (Å²) in [6.45, 7) is 2.60. The minimum absolute atomic E-state index is 0.209. The average Bonchev–Trinajstić information content (AvgIpc) is 3.00. The molecule has 0 radical (unpaired) electrons. The Morgan fingerprint density at radius 1 is 1.39 bits per heavy atom. The van der Waals surface area contributed by atoms with Crippen molar-refractivity contribution in [3.63, 3.8) is 0 Å². The Balaban J connectivity index is 2.02. The maximum atomic E-state index is 12.7. The van der Waals surface area contributed by atoms with Crippen molar-refractivity contribution in [2.24, 2.45) is 0 Å². The monoisotopic (exact) mass is 332 g/mol. The fourth-order valence-electron chi connectivity index (χ4n) is 2.31. The molecule has 6 nitrogen and oxygen atoms in total. The van der Waals surface area contributed by atoms with Crippen molar-refractivity contribution in [3.05, 3.63) is 57.1 Å². The number of H-pyrrole nitrogens is 1. The standard InChI is InChI=1S/C16H17ClN4O2/c1-2-3-7-23-14-13(9-11-5-4-6-12(17)8-11)15(22)21-16(20-14)18-10-19-21/h4-6,8,10H,2-3,7,9H2,1H3,(H,18,19,20). The molecular formula is C16H17ClN4O2. The van der Waals surface area contributed by atoms with E-state index >= 15 is 0 Å². The maximum absolute atomic E-state index is 12.7. The lowest BCUT2D eigenvalue weighted by Gasteiger charge is -2.10. The van der Waals surface area contributed by atoms with Crippen LogP contribution < -0.4 is 10.3 Å². The SMILES string of the molecule is CCCCOc1nc2nc[nH]n2c(=O)c1Cc1cccc(Cl)c1. The first-order chi connectivity index (χ1) is 11.2. The highest BCUT2D eigenvalue weighted by Crippen LogP contribution is 2.19. The van der Waals surface area contributed by atoms with Crippen molar-refractivity contribution in [2.45, 2.75) is 26.2 Å². The Morgan fingerprint density at radius 2 is 2.26 bits per heavy atom. The molecule has 1 aromatic carbocycles. The van der Waals surface area contributed by atoms with Gasteiger partial charge in [0.15, 0.2) is 0 Å². The van der Waals surface area contributed by atoms with Gasteiger partial charge in [-0.1, -0.05) is 37.1 Å². The normalized spacial score (nSPS) is 11.0. The lowest BCUT2D eigenvalue weighted by Crippen LogP contribution is -2.22. The van der Waals surface area contributed by atoms with Gasteiger partial charge >= 0.3 is 0 Å². The zero-order valence-electron chi connectivity index (χ0n) is 12.8. The summed E-state index contributed by atoms with van der Waals surface area (Å²) in [5, 5.41) is 3.40. The fourth-order valence-corrected chi connectivity index (χ4v) is 2.52. The van der Waals surface area contributed by atoms with Crippen molar-refractivity contribution in [3.8, 4) is 5.88 Å². The number of hydrogen-bond donors (Lipinski definition) is 1. The van der Waals surface area contributed by atoms with Gasteiger partial charge in [0.25, 0.3) is 11.3 Å². The molecule has 0 aliphatic carbocycles. The predicted octanol–water partition coefficient (Wildman–Crippen LogP) is 2.84. The van der Waals surface area contributed by atoms with Gasteiger partial charge in [-0.05, 0) is 24.1 Å². The van der Waals surface area contributed by atoms with Crippen LogP contribution in [-0.4, -0.2) is 26.2 Å². The van der Waals surface area contributed by atoms with Gasteiger partial charge in [0.05, 0.1) is 12.2 Å². The molecule has 0 amide bonds. The third kappa shape index (κ3) is 3.37. The first-order valence-corrected chi connectivity index (χ1v) is 7.89. The molecule has 23 heavy (non-hydrogen) atoms. The van der Waals surface area contributed by atoms with Crippen LogP contribution in [0.3, 0.4) is 0 Å². The van der Waals surface area contributed by atoms with Gasteiger partial charge in [-0.25, -0.2) is 4.98 Å². The molecule has 0 atom stereocenters. The molecule has 0 bridgehead atoms. The predicted molar refractivity (Wildman–Crippen MR) is 88.3 cm³/mol. The van der Waals surface area contributed by atoms with E-state index < -0.39 is 0 Å². The molecule has 0 fully saturated rings. The average molecular weight is 333 g/mol. The Bertz CT molecular complexity index is 872.